The van der Waals surface area contributed by atoms with E-state index in [1.54, 1.807) is 12.1 Å². The first-order valence-electron chi connectivity index (χ1n) is 10.4. The first kappa shape index (κ1) is 18.6. The number of hydrogen-bond acceptors (Lipinski definition) is 5. The zero-order valence-electron chi connectivity index (χ0n) is 16.6. The van der Waals surface area contributed by atoms with Gasteiger partial charge in [0.1, 0.15) is 0 Å². The van der Waals surface area contributed by atoms with Crippen LogP contribution in [0.3, 0.4) is 0 Å². The number of aromatic nitrogens is 2. The van der Waals surface area contributed by atoms with Crippen LogP contribution in [0.15, 0.2) is 53.1 Å². The molecule has 6 nitrogen and oxygen atoms in total. The van der Waals surface area contributed by atoms with Crippen molar-refractivity contribution >= 4 is 5.91 Å². The average molecular weight is 398 g/mol. The minimum absolute atomic E-state index is 0.198. The molecule has 2 aliphatic carbocycles. The Morgan fingerprint density at radius 3 is 2.83 bits per heavy atom. The fraction of sp³-hybridized carbons (Fsp3) is 0.333. The van der Waals surface area contributed by atoms with E-state index in [0.29, 0.717) is 36.2 Å². The van der Waals surface area contributed by atoms with Gasteiger partial charge in [-0.05, 0) is 55.4 Å². The number of rotatable bonds is 5. The third kappa shape index (κ3) is 3.59. The smallest absolute Gasteiger partial charge is 0.251 e. The van der Waals surface area contributed by atoms with Crippen molar-refractivity contribution in [2.75, 3.05) is 6.54 Å². The van der Waals surface area contributed by atoms with Gasteiger partial charge in [-0.15, -0.1) is 0 Å². The Hall–Kier alpha value is -3.46. The Morgan fingerprint density at radius 1 is 1.20 bits per heavy atom. The Labute approximate surface area is 174 Å². The molecular formula is C24H22N4O2. The lowest BCUT2D eigenvalue weighted by Gasteiger charge is -2.32. The van der Waals surface area contributed by atoms with Gasteiger partial charge in [0.25, 0.3) is 5.91 Å². The molecule has 150 valence electrons. The normalized spacial score (nSPS) is 20.2. The Balaban J connectivity index is 1.29. The molecule has 1 fully saturated rings. The minimum atomic E-state index is -0.575. The quantitative estimate of drug-likeness (QED) is 0.700. The monoisotopic (exact) mass is 398 g/mol. The summed E-state index contributed by atoms with van der Waals surface area (Å²) in [6, 6.07) is 17.9. The van der Waals surface area contributed by atoms with Crippen LogP contribution in [0.4, 0.5) is 0 Å². The number of benzene rings is 2. The fourth-order valence-electron chi connectivity index (χ4n) is 4.09. The molecule has 0 spiro atoms. The molecule has 0 radical (unpaired) electrons. The van der Waals surface area contributed by atoms with Crippen LogP contribution in [-0.2, 0) is 12.8 Å². The first-order valence-corrected chi connectivity index (χ1v) is 10.4. The average Bonchev–Trinajstić information content (AvgIpc) is 3.53. The highest BCUT2D eigenvalue weighted by Crippen LogP contribution is 2.39. The van der Waals surface area contributed by atoms with Crippen LogP contribution in [0.25, 0.3) is 11.4 Å². The SMILES string of the molecule is N#C[C@]1(CNC(=O)c2cccc(-c3noc(C4CC4)n3)c2)CCc2ccccc2C1. The van der Waals surface area contributed by atoms with Gasteiger partial charge >= 0.3 is 0 Å². The van der Waals surface area contributed by atoms with Crippen molar-refractivity contribution in [3.05, 3.63) is 71.1 Å². The molecule has 3 aromatic rings. The van der Waals surface area contributed by atoms with Gasteiger partial charge in [-0.25, -0.2) is 0 Å². The summed E-state index contributed by atoms with van der Waals surface area (Å²) in [6.45, 7) is 0.328. The largest absolute Gasteiger partial charge is 0.350 e. The highest BCUT2D eigenvalue weighted by molar-refractivity contribution is 5.95. The second-order valence-corrected chi connectivity index (χ2v) is 8.33. The highest BCUT2D eigenvalue weighted by atomic mass is 16.5. The Morgan fingerprint density at radius 2 is 2.03 bits per heavy atom. The van der Waals surface area contributed by atoms with Crippen molar-refractivity contribution in [1.82, 2.24) is 15.5 Å². The van der Waals surface area contributed by atoms with Gasteiger partial charge < -0.3 is 9.84 Å². The molecule has 1 amide bonds. The van der Waals surface area contributed by atoms with Crippen molar-refractivity contribution in [3.8, 4) is 17.5 Å². The molecule has 5 rings (SSSR count). The molecular weight excluding hydrogens is 376 g/mol. The second-order valence-electron chi connectivity index (χ2n) is 8.33. The van der Waals surface area contributed by atoms with E-state index >= 15 is 0 Å². The lowest BCUT2D eigenvalue weighted by atomic mass is 9.72. The van der Waals surface area contributed by atoms with Crippen LogP contribution >= 0.6 is 0 Å². The van der Waals surface area contributed by atoms with E-state index in [1.807, 2.05) is 24.3 Å². The van der Waals surface area contributed by atoms with Gasteiger partial charge in [0.15, 0.2) is 0 Å². The molecule has 1 aromatic heterocycles. The van der Waals surface area contributed by atoms with Crippen molar-refractivity contribution in [2.24, 2.45) is 5.41 Å². The molecule has 0 saturated heterocycles. The number of hydrogen-bond donors (Lipinski definition) is 1. The van der Waals surface area contributed by atoms with Crippen molar-refractivity contribution < 1.29 is 9.32 Å². The summed E-state index contributed by atoms with van der Waals surface area (Å²) in [5.74, 6) is 1.37. The molecule has 0 bridgehead atoms. The number of carbonyl (C=O) groups excluding carboxylic acids is 1. The molecule has 0 unspecified atom stereocenters. The van der Waals surface area contributed by atoms with Crippen LogP contribution in [0.5, 0.6) is 0 Å². The summed E-state index contributed by atoms with van der Waals surface area (Å²) in [4.78, 5) is 17.3. The fourth-order valence-corrected chi connectivity index (χ4v) is 4.09. The zero-order valence-corrected chi connectivity index (χ0v) is 16.6. The maximum atomic E-state index is 12.8. The Kier molecular flexibility index (Phi) is 4.59. The summed E-state index contributed by atoms with van der Waals surface area (Å²) >= 11 is 0. The molecule has 2 aromatic carbocycles. The molecule has 30 heavy (non-hydrogen) atoms. The van der Waals surface area contributed by atoms with Crippen molar-refractivity contribution in [3.63, 3.8) is 0 Å². The zero-order chi connectivity index (χ0) is 20.6. The van der Waals surface area contributed by atoms with Crippen LogP contribution in [0, 0.1) is 16.7 Å². The van der Waals surface area contributed by atoms with Gasteiger partial charge in [-0.1, -0.05) is 41.6 Å². The highest BCUT2D eigenvalue weighted by Gasteiger charge is 2.35. The topological polar surface area (TPSA) is 91.8 Å². The summed E-state index contributed by atoms with van der Waals surface area (Å²) in [7, 11) is 0. The van der Waals surface area contributed by atoms with E-state index in [4.69, 9.17) is 4.52 Å². The number of aryl methyl sites for hydroxylation is 1. The number of nitriles is 1. The number of fused-ring (bicyclic) bond motifs is 1. The van der Waals surface area contributed by atoms with Crippen LogP contribution in [-0.4, -0.2) is 22.6 Å². The first-order chi connectivity index (χ1) is 14.7. The molecule has 1 heterocycles. The van der Waals surface area contributed by atoms with E-state index in [-0.39, 0.29) is 5.91 Å². The van der Waals surface area contributed by atoms with E-state index in [1.165, 1.54) is 11.1 Å². The standard InChI is InChI=1S/C24H22N4O2/c25-14-24(11-10-16-4-1-2-5-20(16)13-24)15-26-22(29)19-7-3-6-18(12-19)21-27-23(30-28-21)17-8-9-17/h1-7,12,17H,8-11,13,15H2,(H,26,29)/t24-/m0/s1. The number of nitrogens with zero attached hydrogens (tertiary/aromatic N) is 3. The number of carbonyl (C=O) groups is 1. The van der Waals surface area contributed by atoms with Crippen molar-refractivity contribution in [2.45, 2.75) is 38.0 Å². The second kappa shape index (κ2) is 7.42. The summed E-state index contributed by atoms with van der Waals surface area (Å²) in [5.41, 5.74) is 3.20. The Bertz CT molecular complexity index is 1140. The summed E-state index contributed by atoms with van der Waals surface area (Å²) < 4.78 is 5.33. The molecule has 2 aliphatic rings. The number of amides is 1. The van der Waals surface area contributed by atoms with E-state index < -0.39 is 5.41 Å². The molecule has 1 N–H and O–H groups in total. The maximum Gasteiger partial charge on any atom is 0.251 e. The summed E-state index contributed by atoms with van der Waals surface area (Å²) in [5, 5.41) is 16.9. The predicted molar refractivity (Wildman–Crippen MR) is 111 cm³/mol. The molecule has 1 atom stereocenters. The third-order valence-electron chi connectivity index (χ3n) is 6.10. The van der Waals surface area contributed by atoms with Gasteiger partial charge in [0, 0.05) is 23.6 Å². The molecule has 0 aliphatic heterocycles. The number of nitrogens with one attached hydrogen (secondary N) is 1. The van der Waals surface area contributed by atoms with Crippen LogP contribution in [0.1, 0.15) is 52.6 Å². The lowest BCUT2D eigenvalue weighted by molar-refractivity contribution is 0.0937. The van der Waals surface area contributed by atoms with Crippen LogP contribution in [0.2, 0.25) is 0 Å². The molecule has 1 saturated carbocycles. The van der Waals surface area contributed by atoms with Crippen molar-refractivity contribution in [1.29, 1.82) is 5.26 Å². The van der Waals surface area contributed by atoms with E-state index in [0.717, 1.165) is 31.2 Å². The van der Waals surface area contributed by atoms with Gasteiger partial charge in [0.05, 0.1) is 11.5 Å². The van der Waals surface area contributed by atoms with Crippen LogP contribution < -0.4 is 5.32 Å². The lowest BCUT2D eigenvalue weighted by Crippen LogP contribution is -2.40. The van der Waals surface area contributed by atoms with E-state index in [9.17, 15) is 10.1 Å². The predicted octanol–water partition coefficient (Wildman–Crippen LogP) is 4.04. The summed E-state index contributed by atoms with van der Waals surface area (Å²) in [6.07, 6.45) is 4.45. The third-order valence-corrected chi connectivity index (χ3v) is 6.10. The van der Waals surface area contributed by atoms with Gasteiger partial charge in [-0.2, -0.15) is 10.2 Å². The molecule has 6 heteroatoms. The van der Waals surface area contributed by atoms with E-state index in [2.05, 4.69) is 33.7 Å². The maximum absolute atomic E-state index is 12.8. The van der Waals surface area contributed by atoms with Gasteiger partial charge in [0.2, 0.25) is 11.7 Å². The van der Waals surface area contributed by atoms with Gasteiger partial charge in [-0.3, -0.25) is 4.79 Å². The minimum Gasteiger partial charge on any atom is -0.350 e.